The zero-order valence-electron chi connectivity index (χ0n) is 10.4. The van der Waals surface area contributed by atoms with Gasteiger partial charge in [-0.2, -0.15) is 0 Å². The summed E-state index contributed by atoms with van der Waals surface area (Å²) >= 11 is 5.92. The van der Waals surface area contributed by atoms with Gasteiger partial charge in [-0.1, -0.05) is 36.7 Å². The lowest BCUT2D eigenvalue weighted by Crippen LogP contribution is -1.98. The van der Waals surface area contributed by atoms with Gasteiger partial charge < -0.3 is 9.84 Å². The maximum Gasteiger partial charge on any atom is 0.146 e. The van der Waals surface area contributed by atoms with Gasteiger partial charge in [0.15, 0.2) is 0 Å². The van der Waals surface area contributed by atoms with Gasteiger partial charge in [0.1, 0.15) is 17.3 Å². The van der Waals surface area contributed by atoms with Crippen molar-refractivity contribution in [3.63, 3.8) is 0 Å². The topological polar surface area (TPSA) is 29.5 Å². The third-order valence-corrected chi connectivity index (χ3v) is 3.07. The van der Waals surface area contributed by atoms with E-state index in [1.54, 1.807) is 18.2 Å². The third kappa shape index (κ3) is 3.25. The second-order valence-electron chi connectivity index (χ2n) is 4.14. The van der Waals surface area contributed by atoms with E-state index in [0.717, 1.165) is 0 Å². The number of rotatable bonds is 4. The van der Waals surface area contributed by atoms with Crippen molar-refractivity contribution < 1.29 is 14.2 Å². The van der Waals surface area contributed by atoms with Gasteiger partial charge in [-0.3, -0.25) is 0 Å². The molecule has 0 heterocycles. The second-order valence-corrected chi connectivity index (χ2v) is 4.55. The Balaban J connectivity index is 2.33. The number of hydrogen-bond acceptors (Lipinski definition) is 2. The summed E-state index contributed by atoms with van der Waals surface area (Å²) in [5.41, 5.74) is 0.686. The van der Waals surface area contributed by atoms with Gasteiger partial charge in [0.25, 0.3) is 0 Å². The molecule has 0 aromatic heterocycles. The first-order valence-corrected chi connectivity index (χ1v) is 6.39. The fourth-order valence-electron chi connectivity index (χ4n) is 1.75. The first-order chi connectivity index (χ1) is 9.11. The molecular weight excluding hydrogens is 267 g/mol. The average molecular weight is 281 g/mol. The number of ether oxygens (including phenoxy) is 1. The van der Waals surface area contributed by atoms with Crippen LogP contribution in [-0.4, -0.2) is 5.11 Å². The number of hydrogen-bond donors (Lipinski definition) is 1. The minimum Gasteiger partial charge on any atom is -0.455 e. The lowest BCUT2D eigenvalue weighted by atomic mass is 10.1. The van der Waals surface area contributed by atoms with Gasteiger partial charge in [-0.25, -0.2) is 4.39 Å². The minimum atomic E-state index is -0.601. The predicted octanol–water partition coefficient (Wildman–Crippen LogP) is 4.71. The molecule has 0 saturated heterocycles. The van der Waals surface area contributed by atoms with E-state index < -0.39 is 11.9 Å². The molecule has 1 N–H and O–H groups in total. The number of para-hydroxylation sites is 1. The molecule has 0 aliphatic carbocycles. The number of halogens is 2. The van der Waals surface area contributed by atoms with Gasteiger partial charge in [0.05, 0.1) is 11.1 Å². The van der Waals surface area contributed by atoms with E-state index in [9.17, 15) is 9.50 Å². The van der Waals surface area contributed by atoms with Crippen LogP contribution in [0.2, 0.25) is 5.02 Å². The van der Waals surface area contributed by atoms with Crippen molar-refractivity contribution in [3.05, 3.63) is 58.9 Å². The molecule has 0 aliphatic rings. The summed E-state index contributed by atoms with van der Waals surface area (Å²) in [6.45, 7) is 1.88. The molecule has 0 amide bonds. The van der Waals surface area contributed by atoms with E-state index in [1.807, 2.05) is 13.0 Å². The molecule has 2 aromatic carbocycles. The smallest absolute Gasteiger partial charge is 0.146 e. The zero-order valence-corrected chi connectivity index (χ0v) is 11.2. The molecule has 100 valence electrons. The Hall–Kier alpha value is -1.58. The molecule has 2 nitrogen and oxygen atoms in total. The van der Waals surface area contributed by atoms with Gasteiger partial charge in [0, 0.05) is 5.56 Å². The Morgan fingerprint density at radius 2 is 1.95 bits per heavy atom. The lowest BCUT2D eigenvalue weighted by molar-refractivity contribution is 0.170. The lowest BCUT2D eigenvalue weighted by Gasteiger charge is -2.15. The molecule has 19 heavy (non-hydrogen) atoms. The van der Waals surface area contributed by atoms with Crippen molar-refractivity contribution in [2.45, 2.75) is 19.4 Å². The van der Waals surface area contributed by atoms with E-state index in [-0.39, 0.29) is 5.02 Å². The molecule has 2 rings (SSSR count). The van der Waals surface area contributed by atoms with E-state index in [2.05, 4.69) is 0 Å². The van der Waals surface area contributed by atoms with Crippen molar-refractivity contribution in [1.82, 2.24) is 0 Å². The second kappa shape index (κ2) is 6.04. The summed E-state index contributed by atoms with van der Waals surface area (Å²) in [6.07, 6.45) is -0.0206. The third-order valence-electron chi connectivity index (χ3n) is 2.78. The van der Waals surface area contributed by atoms with E-state index in [0.29, 0.717) is 23.5 Å². The van der Waals surface area contributed by atoms with Crippen LogP contribution in [0.5, 0.6) is 11.5 Å². The highest BCUT2D eigenvalue weighted by Gasteiger charge is 2.13. The van der Waals surface area contributed by atoms with Crippen molar-refractivity contribution in [3.8, 4) is 11.5 Å². The van der Waals surface area contributed by atoms with Crippen LogP contribution in [0.3, 0.4) is 0 Å². The van der Waals surface area contributed by atoms with Crippen LogP contribution in [0.4, 0.5) is 4.39 Å². The molecule has 0 spiro atoms. The molecule has 4 heteroatoms. The van der Waals surface area contributed by atoms with E-state index in [1.165, 1.54) is 18.2 Å². The zero-order chi connectivity index (χ0) is 13.8. The summed E-state index contributed by atoms with van der Waals surface area (Å²) in [7, 11) is 0. The van der Waals surface area contributed by atoms with Crippen molar-refractivity contribution in [2.75, 3.05) is 0 Å². The molecule has 0 aliphatic heterocycles. The molecule has 0 unspecified atom stereocenters. The molecule has 0 bridgehead atoms. The Morgan fingerprint density at radius 1 is 1.21 bits per heavy atom. The van der Waals surface area contributed by atoms with Crippen molar-refractivity contribution in [1.29, 1.82) is 0 Å². The summed E-state index contributed by atoms with van der Waals surface area (Å²) in [6, 6.07) is 11.1. The quantitative estimate of drug-likeness (QED) is 0.878. The van der Waals surface area contributed by atoms with Gasteiger partial charge in [-0.15, -0.1) is 0 Å². The summed E-state index contributed by atoms with van der Waals surface area (Å²) in [5.74, 6) is 0.461. The van der Waals surface area contributed by atoms with Crippen LogP contribution in [-0.2, 0) is 0 Å². The fraction of sp³-hybridized carbons (Fsp3) is 0.200. The monoisotopic (exact) mass is 280 g/mol. The normalized spacial score (nSPS) is 12.2. The molecule has 0 radical (unpaired) electrons. The Morgan fingerprint density at radius 3 is 2.63 bits per heavy atom. The number of benzene rings is 2. The molecular formula is C15H14ClFO2. The van der Waals surface area contributed by atoms with Gasteiger partial charge in [-0.05, 0) is 30.7 Å². The highest BCUT2D eigenvalue weighted by Crippen LogP contribution is 2.34. The largest absolute Gasteiger partial charge is 0.455 e. The SMILES string of the molecule is CC[C@H](O)c1ccccc1Oc1ccc(F)cc1Cl. The average Bonchev–Trinajstić information content (AvgIpc) is 2.41. The Labute approximate surface area is 116 Å². The maximum absolute atomic E-state index is 13.0. The van der Waals surface area contributed by atoms with Crippen LogP contribution in [0.1, 0.15) is 25.0 Å². The van der Waals surface area contributed by atoms with Crippen molar-refractivity contribution >= 4 is 11.6 Å². The highest BCUT2D eigenvalue weighted by molar-refractivity contribution is 6.32. The van der Waals surface area contributed by atoms with E-state index >= 15 is 0 Å². The van der Waals surface area contributed by atoms with Crippen LogP contribution >= 0.6 is 11.6 Å². The standard InChI is InChI=1S/C15H14ClFO2/c1-2-13(18)11-5-3-4-6-14(11)19-15-8-7-10(17)9-12(15)16/h3-9,13,18H,2H2,1H3/t13-/m0/s1. The number of aliphatic hydroxyl groups is 1. The summed E-state index contributed by atoms with van der Waals surface area (Å²) in [5, 5.41) is 10.1. The maximum atomic E-state index is 13.0. The van der Waals surface area contributed by atoms with Crippen molar-refractivity contribution in [2.24, 2.45) is 0 Å². The fourth-order valence-corrected chi connectivity index (χ4v) is 1.95. The summed E-state index contributed by atoms with van der Waals surface area (Å²) in [4.78, 5) is 0. The minimum absolute atomic E-state index is 0.195. The molecule has 2 aromatic rings. The van der Waals surface area contributed by atoms with Gasteiger partial charge >= 0.3 is 0 Å². The van der Waals surface area contributed by atoms with Crippen LogP contribution in [0.15, 0.2) is 42.5 Å². The van der Waals surface area contributed by atoms with Crippen LogP contribution in [0, 0.1) is 5.82 Å². The highest BCUT2D eigenvalue weighted by atomic mass is 35.5. The summed E-state index contributed by atoms with van der Waals surface area (Å²) < 4.78 is 18.6. The van der Waals surface area contributed by atoms with Crippen LogP contribution in [0.25, 0.3) is 0 Å². The van der Waals surface area contributed by atoms with E-state index in [4.69, 9.17) is 16.3 Å². The Bertz CT molecular complexity index is 572. The Kier molecular flexibility index (Phi) is 4.40. The van der Waals surface area contributed by atoms with Crippen LogP contribution < -0.4 is 4.74 Å². The predicted molar refractivity (Wildman–Crippen MR) is 73.2 cm³/mol. The molecule has 1 atom stereocenters. The first-order valence-electron chi connectivity index (χ1n) is 6.01. The molecule has 0 saturated carbocycles. The first kappa shape index (κ1) is 13.8. The van der Waals surface area contributed by atoms with Gasteiger partial charge in [0.2, 0.25) is 0 Å². The number of aliphatic hydroxyl groups excluding tert-OH is 1. The molecule has 0 fully saturated rings.